The van der Waals surface area contributed by atoms with Crippen molar-refractivity contribution < 1.29 is 14.3 Å². The minimum Gasteiger partial charge on any atom is -0.486 e. The standard InChI is InChI=1S/C25H30N2O3S/c1-18-13-19(2)20(3)23(14-18)30-16-24-26-22(17-31-24)15-27(11-8-12-29-4)25(28)21-9-6-5-7-10-21/h5-7,9-10,13-14,17H,8,11-12,15-16H2,1-4H3. The fourth-order valence-electron chi connectivity index (χ4n) is 3.39. The van der Waals surface area contributed by atoms with Gasteiger partial charge in [-0.25, -0.2) is 4.98 Å². The number of carbonyl (C=O) groups is 1. The Morgan fingerprint density at radius 3 is 2.65 bits per heavy atom. The number of aryl methyl sites for hydroxylation is 2. The largest absolute Gasteiger partial charge is 0.486 e. The van der Waals surface area contributed by atoms with Gasteiger partial charge in [0.25, 0.3) is 5.91 Å². The predicted octanol–water partition coefficient (Wildman–Crippen LogP) is 5.33. The molecule has 0 saturated carbocycles. The van der Waals surface area contributed by atoms with E-state index in [1.807, 2.05) is 40.6 Å². The molecule has 6 heteroatoms. The van der Waals surface area contributed by atoms with Gasteiger partial charge in [0.15, 0.2) is 0 Å². The third-order valence-electron chi connectivity index (χ3n) is 5.15. The molecule has 0 atom stereocenters. The van der Waals surface area contributed by atoms with Gasteiger partial charge >= 0.3 is 0 Å². The van der Waals surface area contributed by atoms with E-state index in [2.05, 4.69) is 32.9 Å². The summed E-state index contributed by atoms with van der Waals surface area (Å²) in [5.41, 5.74) is 5.12. The Balaban J connectivity index is 1.67. The third-order valence-corrected chi connectivity index (χ3v) is 6.02. The van der Waals surface area contributed by atoms with E-state index in [4.69, 9.17) is 14.5 Å². The topological polar surface area (TPSA) is 51.7 Å². The number of nitrogens with zero attached hydrogens (tertiary/aromatic N) is 2. The zero-order chi connectivity index (χ0) is 22.2. The van der Waals surface area contributed by atoms with Gasteiger partial charge in [-0.15, -0.1) is 11.3 Å². The number of hydrogen-bond acceptors (Lipinski definition) is 5. The van der Waals surface area contributed by atoms with Gasteiger partial charge in [-0.3, -0.25) is 4.79 Å². The van der Waals surface area contributed by atoms with Crippen molar-refractivity contribution in [3.05, 3.63) is 80.8 Å². The molecule has 0 unspecified atom stereocenters. The van der Waals surface area contributed by atoms with E-state index in [0.717, 1.165) is 28.4 Å². The highest BCUT2D eigenvalue weighted by Gasteiger charge is 2.17. The Hall–Kier alpha value is -2.70. The average Bonchev–Trinajstić information content (AvgIpc) is 3.22. The van der Waals surface area contributed by atoms with Crippen LogP contribution in [-0.4, -0.2) is 36.1 Å². The van der Waals surface area contributed by atoms with Crippen molar-refractivity contribution in [3.8, 4) is 5.75 Å². The van der Waals surface area contributed by atoms with Crippen LogP contribution in [0.25, 0.3) is 0 Å². The molecular formula is C25H30N2O3S. The summed E-state index contributed by atoms with van der Waals surface area (Å²) in [5, 5.41) is 2.91. The van der Waals surface area contributed by atoms with Gasteiger partial charge in [0, 0.05) is 31.2 Å². The molecule has 0 N–H and O–H groups in total. The first-order valence-electron chi connectivity index (χ1n) is 10.4. The van der Waals surface area contributed by atoms with Gasteiger partial charge in [-0.2, -0.15) is 0 Å². The number of benzene rings is 2. The highest BCUT2D eigenvalue weighted by molar-refractivity contribution is 7.09. The second-order valence-corrected chi connectivity index (χ2v) is 8.61. The molecule has 164 valence electrons. The minimum atomic E-state index is 0.00774. The Morgan fingerprint density at radius 1 is 1.13 bits per heavy atom. The second-order valence-electron chi connectivity index (χ2n) is 7.67. The van der Waals surface area contributed by atoms with Crippen LogP contribution in [-0.2, 0) is 17.9 Å². The minimum absolute atomic E-state index is 0.00774. The quantitative estimate of drug-likeness (QED) is 0.402. The third kappa shape index (κ3) is 6.39. The van der Waals surface area contributed by atoms with Crippen molar-refractivity contribution >= 4 is 17.2 Å². The molecule has 2 aromatic carbocycles. The smallest absolute Gasteiger partial charge is 0.254 e. The summed E-state index contributed by atoms with van der Waals surface area (Å²) in [4.78, 5) is 19.5. The number of ether oxygens (including phenoxy) is 2. The molecule has 5 nitrogen and oxygen atoms in total. The van der Waals surface area contributed by atoms with Gasteiger partial charge in [0.1, 0.15) is 17.4 Å². The molecule has 0 spiro atoms. The lowest BCUT2D eigenvalue weighted by atomic mass is 10.1. The van der Waals surface area contributed by atoms with Crippen molar-refractivity contribution in [1.29, 1.82) is 0 Å². The average molecular weight is 439 g/mol. The first-order chi connectivity index (χ1) is 15.0. The van der Waals surface area contributed by atoms with Crippen molar-refractivity contribution in [2.75, 3.05) is 20.3 Å². The SMILES string of the molecule is COCCCN(Cc1csc(COc2cc(C)cc(C)c2C)n1)C(=O)c1ccccc1. The number of thiazole rings is 1. The normalized spacial score (nSPS) is 10.8. The number of amides is 1. The molecular weight excluding hydrogens is 408 g/mol. The molecule has 0 aliphatic rings. The number of aromatic nitrogens is 1. The number of methoxy groups -OCH3 is 1. The van der Waals surface area contributed by atoms with Crippen molar-refractivity contribution in [2.24, 2.45) is 0 Å². The lowest BCUT2D eigenvalue weighted by Crippen LogP contribution is -2.32. The fourth-order valence-corrected chi connectivity index (χ4v) is 4.09. The summed E-state index contributed by atoms with van der Waals surface area (Å²) in [5.74, 6) is 0.906. The Labute approximate surface area is 188 Å². The van der Waals surface area contributed by atoms with Crippen LogP contribution >= 0.6 is 11.3 Å². The summed E-state index contributed by atoms with van der Waals surface area (Å²) in [7, 11) is 1.67. The number of rotatable bonds is 10. The molecule has 3 rings (SSSR count). The summed E-state index contributed by atoms with van der Waals surface area (Å²) in [6.07, 6.45) is 0.779. The van der Waals surface area contributed by atoms with Gasteiger partial charge in [0.2, 0.25) is 0 Å². The van der Waals surface area contributed by atoms with Crippen LogP contribution in [0.5, 0.6) is 5.75 Å². The molecule has 0 saturated heterocycles. The van der Waals surface area contributed by atoms with E-state index in [1.54, 1.807) is 18.4 Å². The lowest BCUT2D eigenvalue weighted by Gasteiger charge is -2.22. The number of hydrogen-bond donors (Lipinski definition) is 0. The van der Waals surface area contributed by atoms with Crippen molar-refractivity contribution in [2.45, 2.75) is 40.3 Å². The maximum absolute atomic E-state index is 13.0. The zero-order valence-corrected chi connectivity index (χ0v) is 19.5. The van der Waals surface area contributed by atoms with E-state index < -0.39 is 0 Å². The van der Waals surface area contributed by atoms with E-state index in [9.17, 15) is 4.79 Å². The van der Waals surface area contributed by atoms with Crippen LogP contribution in [0, 0.1) is 20.8 Å². The van der Waals surface area contributed by atoms with Crippen LogP contribution in [0.3, 0.4) is 0 Å². The van der Waals surface area contributed by atoms with Crippen LogP contribution in [0.1, 0.15) is 44.2 Å². The molecule has 0 bridgehead atoms. The van der Waals surface area contributed by atoms with Gasteiger partial charge < -0.3 is 14.4 Å². The van der Waals surface area contributed by atoms with E-state index >= 15 is 0 Å². The molecule has 1 amide bonds. The monoisotopic (exact) mass is 438 g/mol. The molecule has 0 fully saturated rings. The molecule has 1 heterocycles. The summed E-state index contributed by atoms with van der Waals surface area (Å²) in [6, 6.07) is 13.6. The highest BCUT2D eigenvalue weighted by atomic mass is 32.1. The van der Waals surface area contributed by atoms with E-state index in [1.165, 1.54) is 11.1 Å². The zero-order valence-electron chi connectivity index (χ0n) is 18.7. The number of carbonyl (C=O) groups excluding carboxylic acids is 1. The van der Waals surface area contributed by atoms with Crippen LogP contribution < -0.4 is 4.74 Å². The van der Waals surface area contributed by atoms with Crippen molar-refractivity contribution in [1.82, 2.24) is 9.88 Å². The van der Waals surface area contributed by atoms with Crippen LogP contribution in [0.2, 0.25) is 0 Å². The van der Waals surface area contributed by atoms with Gasteiger partial charge in [-0.05, 0) is 62.1 Å². The van der Waals surface area contributed by atoms with E-state index in [-0.39, 0.29) is 5.91 Å². The summed E-state index contributed by atoms with van der Waals surface area (Å²) < 4.78 is 11.2. The molecule has 0 aliphatic carbocycles. The van der Waals surface area contributed by atoms with E-state index in [0.29, 0.717) is 31.9 Å². The molecule has 0 aliphatic heterocycles. The first kappa shape index (κ1) is 23.0. The Bertz CT molecular complexity index is 1000. The second kappa shape index (κ2) is 11.1. The lowest BCUT2D eigenvalue weighted by molar-refractivity contribution is 0.0721. The fraction of sp³-hybridized carbons (Fsp3) is 0.360. The summed E-state index contributed by atoms with van der Waals surface area (Å²) in [6.45, 7) is 8.36. The first-order valence-corrected chi connectivity index (χ1v) is 11.3. The predicted molar refractivity (Wildman–Crippen MR) is 125 cm³/mol. The Kier molecular flexibility index (Phi) is 8.20. The molecule has 1 aromatic heterocycles. The van der Waals surface area contributed by atoms with Crippen molar-refractivity contribution in [3.63, 3.8) is 0 Å². The molecule has 31 heavy (non-hydrogen) atoms. The molecule has 3 aromatic rings. The Morgan fingerprint density at radius 2 is 1.90 bits per heavy atom. The van der Waals surface area contributed by atoms with Gasteiger partial charge in [0.05, 0.1) is 12.2 Å². The van der Waals surface area contributed by atoms with Gasteiger partial charge in [-0.1, -0.05) is 24.3 Å². The maximum Gasteiger partial charge on any atom is 0.254 e. The van der Waals surface area contributed by atoms with Crippen LogP contribution in [0.4, 0.5) is 0 Å². The maximum atomic E-state index is 13.0. The molecule has 0 radical (unpaired) electrons. The summed E-state index contributed by atoms with van der Waals surface area (Å²) >= 11 is 1.56. The highest BCUT2D eigenvalue weighted by Crippen LogP contribution is 2.25. The van der Waals surface area contributed by atoms with Crippen LogP contribution in [0.15, 0.2) is 47.8 Å².